The second kappa shape index (κ2) is 12.3. The average Bonchev–Trinajstić information content (AvgIpc) is 2.44. The summed E-state index contributed by atoms with van der Waals surface area (Å²) in [5.41, 5.74) is 0. The second-order valence-electron chi connectivity index (χ2n) is 4.51. The lowest BCUT2D eigenvalue weighted by Gasteiger charge is -2.04. The Morgan fingerprint density at radius 2 is 1.70 bits per heavy atom. The first-order chi connectivity index (χ1) is 9.60. The van der Waals surface area contributed by atoms with E-state index in [1.54, 1.807) is 6.92 Å². The van der Waals surface area contributed by atoms with Crippen LogP contribution in [0, 0.1) is 12.3 Å². The minimum absolute atomic E-state index is 0.380. The Kier molecular flexibility index (Phi) is 11.2. The van der Waals surface area contributed by atoms with Crippen LogP contribution in [0.25, 0.3) is 0 Å². The predicted molar refractivity (Wildman–Crippen MR) is 77.9 cm³/mol. The molecule has 4 heteroatoms. The van der Waals surface area contributed by atoms with Gasteiger partial charge in [-0.15, -0.1) is 6.42 Å². The normalized spacial score (nSPS) is 11.8. The standard InChI is InChI=1S/C16H24O4/c1-4-6-7-8-9-10-13-19-15(17)11-12-16(18)20-14(3)5-2/h2,11-12,14H,4,6-10,13H2,1,3H3/b12-11+. The van der Waals surface area contributed by atoms with Crippen LogP contribution in [0.15, 0.2) is 12.2 Å². The molecule has 0 rings (SSSR count). The molecular formula is C16H24O4. The molecule has 0 bridgehead atoms. The van der Waals surface area contributed by atoms with E-state index in [-0.39, 0.29) is 0 Å². The summed E-state index contributed by atoms with van der Waals surface area (Å²) >= 11 is 0. The van der Waals surface area contributed by atoms with Crippen molar-refractivity contribution in [3.05, 3.63) is 12.2 Å². The molecule has 0 aromatic carbocycles. The third kappa shape index (κ3) is 11.3. The third-order valence-corrected chi connectivity index (χ3v) is 2.63. The number of hydrogen-bond acceptors (Lipinski definition) is 4. The van der Waals surface area contributed by atoms with Crippen molar-refractivity contribution in [1.29, 1.82) is 0 Å². The lowest BCUT2D eigenvalue weighted by Crippen LogP contribution is -2.11. The quantitative estimate of drug-likeness (QED) is 0.267. The fourth-order valence-electron chi connectivity index (χ4n) is 1.49. The van der Waals surface area contributed by atoms with E-state index < -0.39 is 18.0 Å². The van der Waals surface area contributed by atoms with Gasteiger partial charge in [0.25, 0.3) is 0 Å². The van der Waals surface area contributed by atoms with Crippen LogP contribution in [0.4, 0.5) is 0 Å². The van der Waals surface area contributed by atoms with Gasteiger partial charge < -0.3 is 9.47 Å². The van der Waals surface area contributed by atoms with Gasteiger partial charge in [-0.1, -0.05) is 44.9 Å². The number of ether oxygens (including phenoxy) is 2. The Hall–Kier alpha value is -1.76. The van der Waals surface area contributed by atoms with E-state index in [0.29, 0.717) is 6.61 Å². The van der Waals surface area contributed by atoms with Crippen LogP contribution in [-0.4, -0.2) is 24.6 Å². The molecule has 0 heterocycles. The molecular weight excluding hydrogens is 256 g/mol. The molecule has 4 nitrogen and oxygen atoms in total. The zero-order chi connectivity index (χ0) is 15.2. The first-order valence-corrected chi connectivity index (χ1v) is 7.11. The third-order valence-electron chi connectivity index (χ3n) is 2.63. The van der Waals surface area contributed by atoms with Crippen molar-refractivity contribution in [3.8, 4) is 12.3 Å². The molecule has 20 heavy (non-hydrogen) atoms. The molecule has 0 aromatic rings. The fourth-order valence-corrected chi connectivity index (χ4v) is 1.49. The molecule has 112 valence electrons. The molecule has 0 aliphatic carbocycles. The highest BCUT2D eigenvalue weighted by atomic mass is 16.5. The van der Waals surface area contributed by atoms with Crippen molar-refractivity contribution in [2.45, 2.75) is 58.5 Å². The van der Waals surface area contributed by atoms with Crippen molar-refractivity contribution in [2.75, 3.05) is 6.61 Å². The van der Waals surface area contributed by atoms with Gasteiger partial charge in [0.2, 0.25) is 0 Å². The van der Waals surface area contributed by atoms with Crippen LogP contribution in [0.5, 0.6) is 0 Å². The van der Waals surface area contributed by atoms with Crippen LogP contribution in [0.2, 0.25) is 0 Å². The summed E-state index contributed by atoms with van der Waals surface area (Å²) in [6, 6.07) is 0. The summed E-state index contributed by atoms with van der Waals surface area (Å²) in [4.78, 5) is 22.5. The SMILES string of the molecule is C#CC(C)OC(=O)/C=C/C(=O)OCCCCCCCC. The predicted octanol–water partition coefficient (Wildman–Crippen LogP) is 3.01. The van der Waals surface area contributed by atoms with Gasteiger partial charge in [0.15, 0.2) is 6.10 Å². The van der Waals surface area contributed by atoms with Gasteiger partial charge >= 0.3 is 11.9 Å². The topological polar surface area (TPSA) is 52.6 Å². The zero-order valence-electron chi connectivity index (χ0n) is 12.4. The first-order valence-electron chi connectivity index (χ1n) is 7.11. The molecule has 1 unspecified atom stereocenters. The molecule has 0 aromatic heterocycles. The summed E-state index contributed by atoms with van der Waals surface area (Å²) < 4.78 is 9.72. The summed E-state index contributed by atoms with van der Waals surface area (Å²) in [5.74, 6) is 1.07. The highest BCUT2D eigenvalue weighted by Gasteiger charge is 2.04. The number of terminal acetylenes is 1. The van der Waals surface area contributed by atoms with E-state index in [9.17, 15) is 9.59 Å². The molecule has 0 spiro atoms. The number of unbranched alkanes of at least 4 members (excludes halogenated alkanes) is 5. The van der Waals surface area contributed by atoms with Gasteiger partial charge in [-0.25, -0.2) is 9.59 Å². The van der Waals surface area contributed by atoms with E-state index in [0.717, 1.165) is 31.4 Å². The lowest BCUT2D eigenvalue weighted by molar-refractivity contribution is -0.141. The maximum atomic E-state index is 11.3. The molecule has 0 amide bonds. The van der Waals surface area contributed by atoms with Gasteiger partial charge in [-0.3, -0.25) is 0 Å². The zero-order valence-corrected chi connectivity index (χ0v) is 12.4. The fraction of sp³-hybridized carbons (Fsp3) is 0.625. The maximum Gasteiger partial charge on any atom is 0.332 e. The first kappa shape index (κ1) is 18.2. The Balaban J connectivity index is 3.63. The Labute approximate surface area is 121 Å². The van der Waals surface area contributed by atoms with Gasteiger partial charge in [0.05, 0.1) is 6.61 Å². The second-order valence-corrected chi connectivity index (χ2v) is 4.51. The van der Waals surface area contributed by atoms with Gasteiger partial charge in [0, 0.05) is 12.2 Å². The molecule has 0 saturated heterocycles. The van der Waals surface area contributed by atoms with E-state index in [4.69, 9.17) is 15.9 Å². The molecule has 0 N–H and O–H groups in total. The summed E-state index contributed by atoms with van der Waals surface area (Å²) in [6.07, 6.45) is 13.3. The largest absolute Gasteiger partial charge is 0.463 e. The molecule has 0 radical (unpaired) electrons. The molecule has 0 aliphatic rings. The van der Waals surface area contributed by atoms with Crippen molar-refractivity contribution in [3.63, 3.8) is 0 Å². The number of rotatable bonds is 10. The van der Waals surface area contributed by atoms with Crippen LogP contribution >= 0.6 is 0 Å². The lowest BCUT2D eigenvalue weighted by atomic mass is 10.1. The summed E-state index contributed by atoms with van der Waals surface area (Å²) in [6.45, 7) is 4.12. The van der Waals surface area contributed by atoms with E-state index in [1.165, 1.54) is 19.3 Å². The highest BCUT2D eigenvalue weighted by molar-refractivity contribution is 5.91. The number of esters is 2. The Morgan fingerprint density at radius 1 is 1.10 bits per heavy atom. The van der Waals surface area contributed by atoms with Gasteiger partial charge in [-0.2, -0.15) is 0 Å². The van der Waals surface area contributed by atoms with Crippen LogP contribution < -0.4 is 0 Å². The molecule has 0 fully saturated rings. The van der Waals surface area contributed by atoms with Crippen LogP contribution in [0.1, 0.15) is 52.4 Å². The van der Waals surface area contributed by atoms with Gasteiger partial charge in [-0.05, 0) is 13.3 Å². The van der Waals surface area contributed by atoms with Crippen LogP contribution in [0.3, 0.4) is 0 Å². The summed E-state index contributed by atoms with van der Waals surface area (Å²) in [5, 5.41) is 0. The minimum atomic E-state index is -0.646. The number of carbonyl (C=O) groups excluding carboxylic acids is 2. The van der Waals surface area contributed by atoms with Crippen LogP contribution in [-0.2, 0) is 19.1 Å². The molecule has 0 saturated carbocycles. The van der Waals surface area contributed by atoms with E-state index in [2.05, 4.69) is 12.8 Å². The van der Waals surface area contributed by atoms with Crippen molar-refractivity contribution >= 4 is 11.9 Å². The summed E-state index contributed by atoms with van der Waals surface area (Å²) in [7, 11) is 0. The van der Waals surface area contributed by atoms with E-state index >= 15 is 0 Å². The average molecular weight is 280 g/mol. The molecule has 1 atom stereocenters. The van der Waals surface area contributed by atoms with Crippen molar-refractivity contribution < 1.29 is 19.1 Å². The smallest absolute Gasteiger partial charge is 0.332 e. The maximum absolute atomic E-state index is 11.3. The number of hydrogen-bond donors (Lipinski definition) is 0. The number of carbonyl (C=O) groups is 2. The van der Waals surface area contributed by atoms with Crippen molar-refractivity contribution in [2.24, 2.45) is 0 Å². The Morgan fingerprint density at radius 3 is 2.35 bits per heavy atom. The van der Waals surface area contributed by atoms with Crippen molar-refractivity contribution in [1.82, 2.24) is 0 Å². The van der Waals surface area contributed by atoms with E-state index in [1.807, 2.05) is 0 Å². The molecule has 0 aliphatic heterocycles. The highest BCUT2D eigenvalue weighted by Crippen LogP contribution is 2.05. The van der Waals surface area contributed by atoms with Gasteiger partial charge in [0.1, 0.15) is 0 Å². The Bertz CT molecular complexity index is 352. The minimum Gasteiger partial charge on any atom is -0.463 e. The monoisotopic (exact) mass is 280 g/mol.